The van der Waals surface area contributed by atoms with Gasteiger partial charge in [-0.3, -0.25) is 19.9 Å². The molecule has 0 aromatic heterocycles. The fraction of sp³-hybridized carbons (Fsp3) is 0.474. The largest absolute Gasteiger partial charge is 0.480 e. The van der Waals surface area contributed by atoms with Crippen molar-refractivity contribution in [3.05, 3.63) is 35.4 Å². The average Bonchev–Trinajstić information content (AvgIpc) is 2.65. The van der Waals surface area contributed by atoms with Gasteiger partial charge in [0.25, 0.3) is 0 Å². The molecule has 0 unspecified atom stereocenters. The molecule has 28 heavy (non-hydrogen) atoms. The van der Waals surface area contributed by atoms with Crippen LogP contribution in [0.2, 0.25) is 0 Å². The minimum atomic E-state index is -1.07. The SMILES string of the molecule is N=C(N)c1ccc(CC(=O)N2CCC3(CC2)CCN(CC(=O)O)C(=O)O3)cc1. The second kappa shape index (κ2) is 7.87. The number of carbonyl (C=O) groups is 3. The molecule has 2 saturated heterocycles. The molecule has 0 saturated carbocycles. The Morgan fingerprint density at radius 3 is 2.29 bits per heavy atom. The lowest BCUT2D eigenvalue weighted by Gasteiger charge is -2.45. The van der Waals surface area contributed by atoms with E-state index in [1.54, 1.807) is 29.2 Å². The number of rotatable bonds is 5. The summed E-state index contributed by atoms with van der Waals surface area (Å²) in [5.41, 5.74) is 6.30. The van der Waals surface area contributed by atoms with E-state index in [0.29, 0.717) is 44.5 Å². The Balaban J connectivity index is 1.52. The van der Waals surface area contributed by atoms with Gasteiger partial charge in [-0.05, 0) is 5.56 Å². The number of carboxylic acids is 1. The lowest BCUT2D eigenvalue weighted by Crippen LogP contribution is -2.56. The van der Waals surface area contributed by atoms with Gasteiger partial charge in [0.15, 0.2) is 0 Å². The van der Waals surface area contributed by atoms with Crippen LogP contribution in [-0.2, 0) is 20.7 Å². The molecule has 2 aliphatic heterocycles. The first kappa shape index (κ1) is 19.7. The highest BCUT2D eigenvalue weighted by molar-refractivity contribution is 5.95. The molecule has 0 radical (unpaired) electrons. The van der Waals surface area contributed by atoms with E-state index in [1.807, 2.05) is 0 Å². The number of hydrogen-bond acceptors (Lipinski definition) is 5. The number of amidine groups is 1. The molecule has 1 spiro atoms. The number of carboxylic acid groups (broad SMARTS) is 1. The van der Waals surface area contributed by atoms with Crippen molar-refractivity contribution in [1.82, 2.24) is 9.80 Å². The van der Waals surface area contributed by atoms with Crippen LogP contribution in [-0.4, -0.2) is 70.5 Å². The summed E-state index contributed by atoms with van der Waals surface area (Å²) >= 11 is 0. The van der Waals surface area contributed by atoms with Gasteiger partial charge in [0.05, 0.1) is 6.42 Å². The van der Waals surface area contributed by atoms with Gasteiger partial charge in [-0.15, -0.1) is 0 Å². The number of likely N-dealkylation sites (tertiary alicyclic amines) is 1. The number of benzene rings is 1. The number of piperidine rings is 1. The maximum Gasteiger partial charge on any atom is 0.410 e. The summed E-state index contributed by atoms with van der Waals surface area (Å²) in [6.07, 6.45) is 1.33. The van der Waals surface area contributed by atoms with Crippen molar-refractivity contribution in [1.29, 1.82) is 5.41 Å². The molecular weight excluding hydrogens is 364 g/mol. The Kier molecular flexibility index (Phi) is 5.53. The number of ether oxygens (including phenoxy) is 1. The Labute approximate surface area is 162 Å². The van der Waals surface area contributed by atoms with Gasteiger partial charge < -0.3 is 20.5 Å². The third-order valence-electron chi connectivity index (χ3n) is 5.37. The maximum absolute atomic E-state index is 12.6. The number of nitrogens with two attached hydrogens (primary N) is 1. The lowest BCUT2D eigenvalue weighted by molar-refractivity contribution is -0.143. The quantitative estimate of drug-likeness (QED) is 0.504. The first-order valence-corrected chi connectivity index (χ1v) is 9.19. The van der Waals surface area contributed by atoms with Gasteiger partial charge in [0, 0.05) is 44.5 Å². The number of nitrogens with one attached hydrogen (secondary N) is 1. The highest BCUT2D eigenvalue weighted by atomic mass is 16.6. The molecule has 1 aromatic rings. The topological polar surface area (TPSA) is 137 Å². The van der Waals surface area contributed by atoms with Crippen LogP contribution in [0.5, 0.6) is 0 Å². The van der Waals surface area contributed by atoms with E-state index in [2.05, 4.69) is 0 Å². The first-order chi connectivity index (χ1) is 13.3. The highest BCUT2D eigenvalue weighted by Crippen LogP contribution is 2.34. The number of nitrogen functional groups attached to an aromatic ring is 1. The summed E-state index contributed by atoms with van der Waals surface area (Å²) in [4.78, 5) is 38.4. The normalized spacial score (nSPS) is 18.6. The Morgan fingerprint density at radius 2 is 1.75 bits per heavy atom. The molecule has 2 amide bonds. The third-order valence-corrected chi connectivity index (χ3v) is 5.37. The van der Waals surface area contributed by atoms with Crippen molar-refractivity contribution in [3.8, 4) is 0 Å². The average molecular weight is 388 g/mol. The molecule has 2 heterocycles. The van der Waals surface area contributed by atoms with Crippen LogP contribution in [0, 0.1) is 5.41 Å². The Morgan fingerprint density at radius 1 is 1.14 bits per heavy atom. The summed E-state index contributed by atoms with van der Waals surface area (Å²) in [7, 11) is 0. The smallest absolute Gasteiger partial charge is 0.410 e. The van der Waals surface area contributed by atoms with E-state index in [4.69, 9.17) is 21.0 Å². The van der Waals surface area contributed by atoms with Crippen molar-refractivity contribution in [2.24, 2.45) is 5.73 Å². The first-order valence-electron chi connectivity index (χ1n) is 9.19. The molecule has 0 bridgehead atoms. The number of amides is 2. The van der Waals surface area contributed by atoms with Crippen molar-refractivity contribution >= 4 is 23.8 Å². The number of hydrogen-bond donors (Lipinski definition) is 3. The van der Waals surface area contributed by atoms with Gasteiger partial charge in [-0.2, -0.15) is 0 Å². The zero-order valence-electron chi connectivity index (χ0n) is 15.5. The third kappa shape index (κ3) is 4.41. The second-order valence-electron chi connectivity index (χ2n) is 7.28. The molecule has 2 fully saturated rings. The summed E-state index contributed by atoms with van der Waals surface area (Å²) in [5.74, 6) is -1.08. The lowest BCUT2D eigenvalue weighted by atomic mass is 9.86. The molecule has 9 nitrogen and oxygen atoms in total. The van der Waals surface area contributed by atoms with E-state index in [0.717, 1.165) is 5.56 Å². The molecule has 0 aliphatic carbocycles. The van der Waals surface area contributed by atoms with Crippen LogP contribution < -0.4 is 5.73 Å². The van der Waals surface area contributed by atoms with Crippen LogP contribution in [0.1, 0.15) is 30.4 Å². The fourth-order valence-electron chi connectivity index (χ4n) is 3.64. The maximum atomic E-state index is 12.6. The van der Waals surface area contributed by atoms with Gasteiger partial charge in [0.1, 0.15) is 18.0 Å². The van der Waals surface area contributed by atoms with Gasteiger partial charge >= 0.3 is 12.1 Å². The standard InChI is InChI=1S/C19H24N4O5/c20-17(21)14-3-1-13(2-4-14)11-15(24)22-8-5-19(6-9-22)7-10-23(12-16(25)26)18(27)28-19/h1-4H,5-12H2,(H3,20,21)(H,25,26). The molecule has 0 atom stereocenters. The summed E-state index contributed by atoms with van der Waals surface area (Å²) < 4.78 is 5.56. The van der Waals surface area contributed by atoms with Crippen molar-refractivity contribution in [2.75, 3.05) is 26.2 Å². The van der Waals surface area contributed by atoms with Crippen molar-refractivity contribution in [3.63, 3.8) is 0 Å². The minimum absolute atomic E-state index is 0.0000599. The van der Waals surface area contributed by atoms with E-state index < -0.39 is 17.7 Å². The van der Waals surface area contributed by atoms with Gasteiger partial charge in [-0.25, -0.2) is 4.79 Å². The molecule has 1 aromatic carbocycles. The number of nitrogens with zero attached hydrogens (tertiary/aromatic N) is 2. The molecule has 3 rings (SSSR count). The molecule has 2 aliphatic rings. The van der Waals surface area contributed by atoms with E-state index >= 15 is 0 Å². The van der Waals surface area contributed by atoms with Crippen molar-refractivity contribution in [2.45, 2.75) is 31.3 Å². The zero-order valence-corrected chi connectivity index (χ0v) is 15.5. The summed E-state index contributed by atoms with van der Waals surface area (Å²) in [5, 5.41) is 16.2. The summed E-state index contributed by atoms with van der Waals surface area (Å²) in [6.45, 7) is 0.983. The minimum Gasteiger partial charge on any atom is -0.480 e. The predicted octanol–water partition coefficient (Wildman–Crippen LogP) is 0.801. The van der Waals surface area contributed by atoms with Crippen LogP contribution in [0.15, 0.2) is 24.3 Å². The Hall–Kier alpha value is -3.10. The van der Waals surface area contributed by atoms with Gasteiger partial charge in [-0.1, -0.05) is 24.3 Å². The molecular formula is C19H24N4O5. The number of aliphatic carboxylic acids is 1. The van der Waals surface area contributed by atoms with Crippen LogP contribution in [0.3, 0.4) is 0 Å². The summed E-state index contributed by atoms with van der Waals surface area (Å²) in [6, 6.07) is 7.03. The van der Waals surface area contributed by atoms with Gasteiger partial charge in [0.2, 0.25) is 5.91 Å². The zero-order chi connectivity index (χ0) is 20.3. The highest BCUT2D eigenvalue weighted by Gasteiger charge is 2.43. The van der Waals surface area contributed by atoms with Crippen LogP contribution in [0.4, 0.5) is 4.79 Å². The van der Waals surface area contributed by atoms with Crippen LogP contribution in [0.25, 0.3) is 0 Å². The molecule has 9 heteroatoms. The van der Waals surface area contributed by atoms with Crippen LogP contribution >= 0.6 is 0 Å². The predicted molar refractivity (Wildman–Crippen MR) is 100 cm³/mol. The fourth-order valence-corrected chi connectivity index (χ4v) is 3.64. The monoisotopic (exact) mass is 388 g/mol. The molecule has 4 N–H and O–H groups in total. The van der Waals surface area contributed by atoms with Crippen molar-refractivity contribution < 1.29 is 24.2 Å². The molecule has 150 valence electrons. The van der Waals surface area contributed by atoms with E-state index in [-0.39, 0.29) is 24.7 Å². The number of carbonyl (C=O) groups excluding carboxylic acids is 2. The van der Waals surface area contributed by atoms with E-state index in [1.165, 1.54) is 4.90 Å². The van der Waals surface area contributed by atoms with E-state index in [9.17, 15) is 14.4 Å². The Bertz CT molecular complexity index is 784. The second-order valence-corrected chi connectivity index (χ2v) is 7.28.